The van der Waals surface area contributed by atoms with Crippen molar-refractivity contribution in [2.24, 2.45) is 0 Å². The number of aromatic amines is 1. The molecule has 1 saturated heterocycles. The molecule has 0 amide bonds. The lowest BCUT2D eigenvalue weighted by atomic mass is 10.0. The standard InChI is InChI=1S/C30H31N7O3/c1-39-24-10-8-23(9-11-24)35-14-16-36(17-15-35)28(29-32-33-34-37(29)20-21-6-4-3-5-7-21)26-19-22-18-25(40-2)12-13-27(22)31-30(26)38/h3-13,18-19,28H,14-17,20H2,1-2H3,(H,31,38)/t28-/m0/s1. The number of fused-ring (bicyclic) bond motifs is 1. The number of benzene rings is 3. The van der Waals surface area contributed by atoms with Crippen LogP contribution in [0.15, 0.2) is 83.7 Å². The van der Waals surface area contributed by atoms with E-state index < -0.39 is 6.04 Å². The number of aromatic nitrogens is 5. The Kier molecular flexibility index (Phi) is 7.15. The Balaban J connectivity index is 1.37. The molecular weight excluding hydrogens is 506 g/mol. The Bertz CT molecular complexity index is 1640. The molecule has 3 heterocycles. The van der Waals surface area contributed by atoms with Gasteiger partial charge in [0, 0.05) is 48.3 Å². The molecule has 0 bridgehead atoms. The molecule has 40 heavy (non-hydrogen) atoms. The molecule has 0 saturated carbocycles. The molecule has 1 fully saturated rings. The smallest absolute Gasteiger partial charge is 0.253 e. The molecule has 0 unspecified atom stereocenters. The lowest BCUT2D eigenvalue weighted by Crippen LogP contribution is -2.49. The molecule has 1 aliphatic heterocycles. The largest absolute Gasteiger partial charge is 0.497 e. The first-order valence-corrected chi connectivity index (χ1v) is 13.3. The van der Waals surface area contributed by atoms with Crippen molar-refractivity contribution in [1.82, 2.24) is 30.1 Å². The van der Waals surface area contributed by atoms with Gasteiger partial charge in [-0.1, -0.05) is 30.3 Å². The van der Waals surface area contributed by atoms with Crippen molar-refractivity contribution in [3.63, 3.8) is 0 Å². The number of piperazine rings is 1. The van der Waals surface area contributed by atoms with Gasteiger partial charge < -0.3 is 19.4 Å². The average molecular weight is 538 g/mol. The number of anilines is 1. The van der Waals surface area contributed by atoms with Crippen molar-refractivity contribution in [3.05, 3.63) is 106 Å². The summed E-state index contributed by atoms with van der Waals surface area (Å²) in [5, 5.41) is 13.7. The second-order valence-electron chi connectivity index (χ2n) is 9.81. The monoisotopic (exact) mass is 537 g/mol. The van der Waals surface area contributed by atoms with E-state index in [0.29, 0.717) is 17.9 Å². The molecular formula is C30H31N7O3. The van der Waals surface area contributed by atoms with Gasteiger partial charge in [0.05, 0.1) is 20.8 Å². The molecule has 10 nitrogen and oxygen atoms in total. The number of H-pyrrole nitrogens is 1. The fraction of sp³-hybridized carbons (Fsp3) is 0.267. The van der Waals surface area contributed by atoms with E-state index in [2.05, 4.69) is 42.4 Å². The summed E-state index contributed by atoms with van der Waals surface area (Å²) in [6.45, 7) is 3.55. The third kappa shape index (κ3) is 5.13. The second-order valence-corrected chi connectivity index (χ2v) is 9.81. The Morgan fingerprint density at radius 3 is 2.33 bits per heavy atom. The van der Waals surface area contributed by atoms with Crippen LogP contribution in [-0.4, -0.2) is 70.5 Å². The molecule has 0 aliphatic carbocycles. The Labute approximate surface area is 231 Å². The lowest BCUT2D eigenvalue weighted by Gasteiger charge is -2.39. The van der Waals surface area contributed by atoms with E-state index in [9.17, 15) is 4.79 Å². The van der Waals surface area contributed by atoms with E-state index in [0.717, 1.165) is 59.8 Å². The minimum atomic E-state index is -0.434. The average Bonchev–Trinajstić information content (AvgIpc) is 3.45. The third-order valence-electron chi connectivity index (χ3n) is 7.47. The number of nitrogens with one attached hydrogen (secondary N) is 1. The fourth-order valence-electron chi connectivity index (χ4n) is 5.34. The summed E-state index contributed by atoms with van der Waals surface area (Å²) in [5.41, 5.74) is 3.41. The van der Waals surface area contributed by atoms with E-state index in [1.54, 1.807) is 18.9 Å². The Morgan fingerprint density at radius 2 is 1.60 bits per heavy atom. The van der Waals surface area contributed by atoms with E-state index in [1.807, 2.05) is 66.7 Å². The number of hydrogen-bond donors (Lipinski definition) is 1. The maximum Gasteiger partial charge on any atom is 0.253 e. The van der Waals surface area contributed by atoms with Gasteiger partial charge in [-0.15, -0.1) is 5.10 Å². The zero-order chi connectivity index (χ0) is 27.5. The van der Waals surface area contributed by atoms with Crippen molar-refractivity contribution >= 4 is 16.6 Å². The van der Waals surface area contributed by atoms with Crippen LogP contribution in [0.2, 0.25) is 0 Å². The summed E-state index contributed by atoms with van der Waals surface area (Å²) < 4.78 is 12.6. The number of tetrazole rings is 1. The summed E-state index contributed by atoms with van der Waals surface area (Å²) >= 11 is 0. The van der Waals surface area contributed by atoms with Gasteiger partial charge >= 0.3 is 0 Å². The molecule has 3 aromatic carbocycles. The number of pyridine rings is 1. The molecule has 1 N–H and O–H groups in total. The van der Waals surface area contributed by atoms with Crippen LogP contribution in [0.25, 0.3) is 10.9 Å². The molecule has 0 radical (unpaired) electrons. The van der Waals surface area contributed by atoms with Crippen LogP contribution in [0, 0.1) is 0 Å². The van der Waals surface area contributed by atoms with Gasteiger partial charge in [0.2, 0.25) is 0 Å². The van der Waals surface area contributed by atoms with Crippen LogP contribution in [0.5, 0.6) is 11.5 Å². The van der Waals surface area contributed by atoms with Gasteiger partial charge in [-0.05, 0) is 64.5 Å². The summed E-state index contributed by atoms with van der Waals surface area (Å²) in [6.07, 6.45) is 0. The summed E-state index contributed by atoms with van der Waals surface area (Å²) in [6, 6.07) is 25.3. The topological polar surface area (TPSA) is 101 Å². The van der Waals surface area contributed by atoms with Gasteiger partial charge in [-0.3, -0.25) is 9.69 Å². The SMILES string of the molecule is COc1ccc(N2CCN([C@@H](c3cc4cc(OC)ccc4[nH]c3=O)c3nnnn3Cc3ccccc3)CC2)cc1. The fourth-order valence-corrected chi connectivity index (χ4v) is 5.34. The molecule has 10 heteroatoms. The van der Waals surface area contributed by atoms with Crippen LogP contribution < -0.4 is 19.9 Å². The summed E-state index contributed by atoms with van der Waals surface area (Å²) in [4.78, 5) is 21.3. The van der Waals surface area contributed by atoms with Crippen LogP contribution in [0.4, 0.5) is 5.69 Å². The molecule has 1 aliphatic rings. The minimum Gasteiger partial charge on any atom is -0.497 e. The maximum absolute atomic E-state index is 13.6. The van der Waals surface area contributed by atoms with Crippen molar-refractivity contribution < 1.29 is 9.47 Å². The minimum absolute atomic E-state index is 0.158. The maximum atomic E-state index is 13.6. The predicted molar refractivity (Wildman–Crippen MR) is 153 cm³/mol. The summed E-state index contributed by atoms with van der Waals surface area (Å²) in [5.74, 6) is 2.19. The number of nitrogens with zero attached hydrogens (tertiary/aromatic N) is 6. The first kappa shape index (κ1) is 25.6. The van der Waals surface area contributed by atoms with E-state index in [-0.39, 0.29) is 5.56 Å². The van der Waals surface area contributed by atoms with Crippen molar-refractivity contribution in [2.45, 2.75) is 12.6 Å². The number of methoxy groups -OCH3 is 2. The molecule has 5 aromatic rings. The van der Waals surface area contributed by atoms with Gasteiger partial charge in [-0.2, -0.15) is 0 Å². The highest BCUT2D eigenvalue weighted by Gasteiger charge is 2.33. The van der Waals surface area contributed by atoms with Crippen LogP contribution >= 0.6 is 0 Å². The van der Waals surface area contributed by atoms with Gasteiger partial charge in [0.1, 0.15) is 17.5 Å². The van der Waals surface area contributed by atoms with Crippen LogP contribution in [-0.2, 0) is 6.54 Å². The normalized spacial score (nSPS) is 14.8. The van der Waals surface area contributed by atoms with Crippen LogP contribution in [0.1, 0.15) is 23.0 Å². The van der Waals surface area contributed by atoms with Gasteiger partial charge in [-0.25, -0.2) is 4.68 Å². The quantitative estimate of drug-likeness (QED) is 0.321. The highest BCUT2D eigenvalue weighted by molar-refractivity contribution is 5.80. The molecule has 0 spiro atoms. The lowest BCUT2D eigenvalue weighted by molar-refractivity contribution is 0.200. The number of rotatable bonds is 8. The summed E-state index contributed by atoms with van der Waals surface area (Å²) in [7, 11) is 3.31. The highest BCUT2D eigenvalue weighted by atomic mass is 16.5. The zero-order valence-electron chi connectivity index (χ0n) is 22.5. The van der Waals surface area contributed by atoms with E-state index in [1.165, 1.54) is 0 Å². The highest BCUT2D eigenvalue weighted by Crippen LogP contribution is 2.30. The van der Waals surface area contributed by atoms with Crippen LogP contribution in [0.3, 0.4) is 0 Å². The molecule has 204 valence electrons. The van der Waals surface area contributed by atoms with Crippen molar-refractivity contribution in [2.75, 3.05) is 45.3 Å². The van der Waals surface area contributed by atoms with Crippen molar-refractivity contribution in [1.29, 1.82) is 0 Å². The first-order chi connectivity index (χ1) is 19.6. The van der Waals surface area contributed by atoms with Gasteiger partial charge in [0.15, 0.2) is 5.82 Å². The molecule has 6 rings (SSSR count). The number of hydrogen-bond acceptors (Lipinski definition) is 8. The van der Waals surface area contributed by atoms with E-state index >= 15 is 0 Å². The predicted octanol–water partition coefficient (Wildman–Crippen LogP) is 3.49. The Morgan fingerprint density at radius 1 is 0.875 bits per heavy atom. The number of ether oxygens (including phenoxy) is 2. The second kappa shape index (κ2) is 11.2. The van der Waals surface area contributed by atoms with E-state index in [4.69, 9.17) is 9.47 Å². The Hall–Kier alpha value is -4.70. The van der Waals surface area contributed by atoms with Gasteiger partial charge in [0.25, 0.3) is 5.56 Å². The zero-order valence-corrected chi connectivity index (χ0v) is 22.5. The molecule has 2 aromatic heterocycles. The molecule has 1 atom stereocenters. The third-order valence-corrected chi connectivity index (χ3v) is 7.47. The first-order valence-electron chi connectivity index (χ1n) is 13.3. The van der Waals surface area contributed by atoms with Crippen molar-refractivity contribution in [3.8, 4) is 11.5 Å².